The van der Waals surface area contributed by atoms with E-state index in [2.05, 4.69) is 36.3 Å². The van der Waals surface area contributed by atoms with Crippen LogP contribution in [0.25, 0.3) is 0 Å². The molecule has 1 aromatic rings. The van der Waals surface area contributed by atoms with Crippen molar-refractivity contribution in [3.8, 4) is 6.07 Å². The summed E-state index contributed by atoms with van der Waals surface area (Å²) in [5.41, 5.74) is 1.18. The summed E-state index contributed by atoms with van der Waals surface area (Å²) in [6.45, 7) is 6.91. The minimum absolute atomic E-state index is 0.000625. The lowest BCUT2D eigenvalue weighted by molar-refractivity contribution is 0.456. The van der Waals surface area contributed by atoms with Crippen molar-refractivity contribution in [1.82, 2.24) is 10.3 Å². The minimum atomic E-state index is -0.110. The highest BCUT2D eigenvalue weighted by Crippen LogP contribution is 2.20. The fraction of sp³-hybridized carbons (Fsp3) is 0.500. The van der Waals surface area contributed by atoms with Gasteiger partial charge in [-0.1, -0.05) is 19.9 Å². The molecule has 1 heterocycles. The summed E-state index contributed by atoms with van der Waals surface area (Å²) in [4.78, 5) is 4.11. The zero-order valence-corrected chi connectivity index (χ0v) is 9.49. The molecule has 0 fully saturated rings. The predicted molar refractivity (Wildman–Crippen MR) is 60.3 cm³/mol. The van der Waals surface area contributed by atoms with Crippen LogP contribution in [0.4, 0.5) is 0 Å². The van der Waals surface area contributed by atoms with Crippen molar-refractivity contribution in [2.45, 2.75) is 32.2 Å². The molecule has 0 aromatic carbocycles. The van der Waals surface area contributed by atoms with Gasteiger partial charge >= 0.3 is 0 Å². The fourth-order valence-corrected chi connectivity index (χ4v) is 1.32. The number of rotatable bonds is 4. The highest BCUT2D eigenvalue weighted by Gasteiger charge is 2.20. The largest absolute Gasteiger partial charge is 0.301 e. The molecular formula is C12H17N3. The first-order valence-corrected chi connectivity index (χ1v) is 5.10. The van der Waals surface area contributed by atoms with Gasteiger partial charge in [-0.15, -0.1) is 0 Å². The maximum absolute atomic E-state index is 8.68. The Bertz CT molecular complexity index is 338. The summed E-state index contributed by atoms with van der Waals surface area (Å²) in [5.74, 6) is 0. The maximum atomic E-state index is 8.68. The number of hydrogen-bond donors (Lipinski definition) is 1. The highest BCUT2D eigenvalue weighted by atomic mass is 14.9. The molecule has 1 atom stereocenters. The van der Waals surface area contributed by atoms with Crippen LogP contribution < -0.4 is 5.32 Å². The Morgan fingerprint density at radius 2 is 2.33 bits per heavy atom. The molecule has 1 N–H and O–H groups in total. The van der Waals surface area contributed by atoms with Crippen LogP contribution in [0, 0.1) is 11.3 Å². The van der Waals surface area contributed by atoms with Gasteiger partial charge in [-0.05, 0) is 18.6 Å². The molecule has 80 valence electrons. The summed E-state index contributed by atoms with van der Waals surface area (Å²) in [6.07, 6.45) is 3.64. The van der Waals surface area contributed by atoms with E-state index in [0.29, 0.717) is 0 Å². The van der Waals surface area contributed by atoms with Crippen LogP contribution in [0.5, 0.6) is 0 Å². The molecule has 0 aliphatic carbocycles. The zero-order valence-electron chi connectivity index (χ0n) is 9.49. The zero-order chi connectivity index (χ0) is 11.3. The van der Waals surface area contributed by atoms with Gasteiger partial charge in [-0.2, -0.15) is 5.26 Å². The number of nitriles is 1. The van der Waals surface area contributed by atoms with Crippen LogP contribution in [0.3, 0.4) is 0 Å². The van der Waals surface area contributed by atoms with Crippen LogP contribution >= 0.6 is 0 Å². The van der Waals surface area contributed by atoms with E-state index in [-0.39, 0.29) is 11.5 Å². The number of pyridine rings is 1. The molecule has 0 bridgehead atoms. The minimum Gasteiger partial charge on any atom is -0.301 e. The highest BCUT2D eigenvalue weighted by molar-refractivity contribution is 5.20. The first-order valence-electron chi connectivity index (χ1n) is 5.10. The average molecular weight is 203 g/mol. The molecule has 1 aromatic heterocycles. The van der Waals surface area contributed by atoms with E-state index in [1.807, 2.05) is 19.2 Å². The summed E-state index contributed by atoms with van der Waals surface area (Å²) in [7, 11) is 0. The predicted octanol–water partition coefficient (Wildman–Crippen LogP) is 1.86. The van der Waals surface area contributed by atoms with Crippen molar-refractivity contribution in [3.05, 3.63) is 30.1 Å². The molecule has 0 aliphatic rings. The van der Waals surface area contributed by atoms with Crippen LogP contribution in [0.1, 0.15) is 26.3 Å². The van der Waals surface area contributed by atoms with Gasteiger partial charge in [-0.25, -0.2) is 0 Å². The van der Waals surface area contributed by atoms with Gasteiger partial charge in [-0.3, -0.25) is 4.98 Å². The second-order valence-electron chi connectivity index (χ2n) is 4.36. The Balaban J connectivity index is 2.64. The molecule has 1 unspecified atom stereocenters. The van der Waals surface area contributed by atoms with Gasteiger partial charge in [0, 0.05) is 24.4 Å². The molecule has 1 rings (SSSR count). The number of nitrogens with zero attached hydrogens (tertiary/aromatic N) is 2. The Morgan fingerprint density at radius 3 is 2.87 bits per heavy atom. The van der Waals surface area contributed by atoms with Gasteiger partial charge in [0.05, 0.1) is 12.1 Å². The molecule has 0 radical (unpaired) electrons. The molecule has 15 heavy (non-hydrogen) atoms. The number of aromatic nitrogens is 1. The van der Waals surface area contributed by atoms with Crippen LogP contribution in [0.2, 0.25) is 0 Å². The molecule has 0 saturated heterocycles. The van der Waals surface area contributed by atoms with E-state index >= 15 is 0 Å². The third-order valence-electron chi connectivity index (χ3n) is 2.49. The van der Waals surface area contributed by atoms with Crippen molar-refractivity contribution in [2.75, 3.05) is 6.54 Å². The Labute approximate surface area is 91.1 Å². The lowest BCUT2D eigenvalue weighted by Gasteiger charge is -2.25. The van der Waals surface area contributed by atoms with E-state index in [9.17, 15) is 0 Å². The fourth-order valence-electron chi connectivity index (χ4n) is 1.32. The lowest BCUT2D eigenvalue weighted by Crippen LogP contribution is -2.37. The lowest BCUT2D eigenvalue weighted by atomic mass is 9.85. The third-order valence-corrected chi connectivity index (χ3v) is 2.49. The molecular weight excluding hydrogens is 186 g/mol. The number of hydrogen-bond acceptors (Lipinski definition) is 3. The summed E-state index contributed by atoms with van der Waals surface area (Å²) < 4.78 is 0. The first-order chi connectivity index (χ1) is 7.06. The molecule has 3 nitrogen and oxygen atoms in total. The van der Waals surface area contributed by atoms with E-state index < -0.39 is 0 Å². The molecule has 0 aliphatic heterocycles. The van der Waals surface area contributed by atoms with Crippen molar-refractivity contribution in [3.63, 3.8) is 0 Å². The second-order valence-corrected chi connectivity index (χ2v) is 4.36. The van der Waals surface area contributed by atoms with Gasteiger partial charge < -0.3 is 5.32 Å². The Hall–Kier alpha value is -1.40. The van der Waals surface area contributed by atoms with Gasteiger partial charge in [0.25, 0.3) is 0 Å². The maximum Gasteiger partial charge on any atom is 0.0924 e. The quantitative estimate of drug-likeness (QED) is 0.812. The van der Waals surface area contributed by atoms with Crippen molar-refractivity contribution in [1.29, 1.82) is 5.26 Å². The topological polar surface area (TPSA) is 48.7 Å². The molecule has 0 saturated carbocycles. The van der Waals surface area contributed by atoms with Gasteiger partial charge in [0.1, 0.15) is 0 Å². The van der Waals surface area contributed by atoms with Crippen molar-refractivity contribution < 1.29 is 0 Å². The van der Waals surface area contributed by atoms with Crippen LogP contribution in [-0.4, -0.2) is 17.6 Å². The molecule has 3 heteroatoms. The first kappa shape index (κ1) is 11.7. The standard InChI is InChI=1S/C12H17N3/c1-10(7-13)15-9-12(2,3)11-5-4-6-14-8-11/h4-6,8,10,15H,9H2,1-3H3. The van der Waals surface area contributed by atoms with Gasteiger partial charge in [0.15, 0.2) is 0 Å². The van der Waals surface area contributed by atoms with Crippen LogP contribution in [-0.2, 0) is 5.41 Å². The number of nitrogens with one attached hydrogen (secondary N) is 1. The SMILES string of the molecule is CC(C#N)NCC(C)(C)c1cccnc1. The van der Waals surface area contributed by atoms with E-state index in [1.165, 1.54) is 5.56 Å². The van der Waals surface area contributed by atoms with Crippen molar-refractivity contribution in [2.24, 2.45) is 0 Å². The normalized spacial score (nSPS) is 13.2. The van der Waals surface area contributed by atoms with Crippen LogP contribution in [0.15, 0.2) is 24.5 Å². The Kier molecular flexibility index (Phi) is 3.81. The summed E-state index contributed by atoms with van der Waals surface area (Å²) in [5, 5.41) is 11.9. The van der Waals surface area contributed by atoms with E-state index in [0.717, 1.165) is 6.54 Å². The molecule has 0 amide bonds. The van der Waals surface area contributed by atoms with E-state index in [1.54, 1.807) is 6.20 Å². The van der Waals surface area contributed by atoms with Crippen molar-refractivity contribution >= 4 is 0 Å². The second kappa shape index (κ2) is 4.90. The smallest absolute Gasteiger partial charge is 0.0924 e. The third kappa shape index (κ3) is 3.34. The molecule has 0 spiro atoms. The average Bonchev–Trinajstić information content (AvgIpc) is 2.27. The monoisotopic (exact) mass is 203 g/mol. The van der Waals surface area contributed by atoms with Gasteiger partial charge in [0.2, 0.25) is 0 Å². The Morgan fingerprint density at radius 1 is 1.60 bits per heavy atom. The van der Waals surface area contributed by atoms with E-state index in [4.69, 9.17) is 5.26 Å². The summed E-state index contributed by atoms with van der Waals surface area (Å²) in [6, 6.07) is 6.05. The summed E-state index contributed by atoms with van der Waals surface area (Å²) >= 11 is 0.